The van der Waals surface area contributed by atoms with E-state index in [0.29, 0.717) is 6.92 Å². The summed E-state index contributed by atoms with van der Waals surface area (Å²) >= 11 is 0. The monoisotopic (exact) mass is 189 g/mol. The number of hydrogen-bond donors (Lipinski definition) is 0. The van der Waals surface area contributed by atoms with Crippen molar-refractivity contribution in [3.8, 4) is 0 Å². The van der Waals surface area contributed by atoms with Crippen molar-refractivity contribution in [1.82, 2.24) is 0 Å². The second-order valence-corrected chi connectivity index (χ2v) is 2.89. The maximum atomic E-state index is 11.8. The zero-order valence-electron chi connectivity index (χ0n) is 5.21. The number of carbonyl (C=O) groups is 1. The van der Waals surface area contributed by atoms with Gasteiger partial charge in [0, 0.05) is 6.92 Å². The number of esters is 1. The van der Waals surface area contributed by atoms with E-state index in [1.54, 1.807) is 0 Å². The highest BCUT2D eigenvalue weighted by Gasteiger charge is 2.41. The molecule has 0 saturated carbocycles. The fourth-order valence-electron chi connectivity index (χ4n) is 0.218. The molecule has 0 atom stereocenters. The van der Waals surface area contributed by atoms with Gasteiger partial charge in [0.2, 0.25) is 10.1 Å². The lowest BCUT2D eigenvalue weighted by Crippen LogP contribution is -2.33. The van der Waals surface area contributed by atoms with E-state index in [4.69, 9.17) is 0 Å². The van der Waals surface area contributed by atoms with Crippen molar-refractivity contribution in [2.24, 2.45) is 0 Å². The molecule has 8 heteroatoms. The predicted molar refractivity (Wildman–Crippen MR) is 26.4 cm³/mol. The zero-order chi connectivity index (χ0) is 9.28. The Morgan fingerprint density at radius 2 is 1.91 bits per heavy atom. The highest BCUT2D eigenvalue weighted by molar-refractivity contribution is 7.86. The predicted octanol–water partition coefficient (Wildman–Crippen LogP) is -0.355. The van der Waals surface area contributed by atoms with Crippen molar-refractivity contribution in [1.29, 1.82) is 0 Å². The van der Waals surface area contributed by atoms with Crippen LogP contribution in [0.1, 0.15) is 6.92 Å². The van der Waals surface area contributed by atoms with E-state index in [1.165, 1.54) is 0 Å². The van der Waals surface area contributed by atoms with E-state index in [0.717, 1.165) is 0 Å². The molecule has 66 valence electrons. The summed E-state index contributed by atoms with van der Waals surface area (Å²) in [6.07, 6.45) is 0. The van der Waals surface area contributed by atoms with Crippen LogP contribution in [0.5, 0.6) is 0 Å². The number of ether oxygens (including phenoxy) is 1. The maximum Gasteiger partial charge on any atom is 0.499 e. The van der Waals surface area contributed by atoms with Crippen molar-refractivity contribution in [2.45, 2.75) is 12.4 Å². The highest BCUT2D eigenvalue weighted by Crippen LogP contribution is 2.21. The molecular weight excluding hydrogens is 186 g/mol. The minimum Gasteiger partial charge on any atom is -0.740 e. The fraction of sp³-hybridized carbons (Fsp3) is 0.667. The van der Waals surface area contributed by atoms with Gasteiger partial charge < -0.3 is 9.29 Å². The van der Waals surface area contributed by atoms with Crippen molar-refractivity contribution >= 4 is 16.1 Å². The Balaban J connectivity index is 4.62. The Hall–Kier alpha value is -0.760. The van der Waals surface area contributed by atoms with E-state index in [-0.39, 0.29) is 0 Å². The van der Waals surface area contributed by atoms with Crippen LogP contribution in [0.15, 0.2) is 0 Å². The van der Waals surface area contributed by atoms with Crippen molar-refractivity contribution in [2.75, 3.05) is 0 Å². The lowest BCUT2D eigenvalue weighted by atomic mass is 10.8. The molecule has 0 aromatic carbocycles. The van der Waals surface area contributed by atoms with E-state index >= 15 is 0 Å². The molecule has 0 aliphatic heterocycles. The minimum atomic E-state index is -5.92. The maximum absolute atomic E-state index is 11.8. The van der Waals surface area contributed by atoms with E-state index in [2.05, 4.69) is 4.74 Å². The molecule has 0 amide bonds. The number of hydrogen-bond acceptors (Lipinski definition) is 5. The quantitative estimate of drug-likeness (QED) is 0.437. The van der Waals surface area contributed by atoms with Gasteiger partial charge in [-0.1, -0.05) is 0 Å². The Kier molecular flexibility index (Phi) is 2.51. The number of halogens is 2. The van der Waals surface area contributed by atoms with Gasteiger partial charge in [0.05, 0.1) is 0 Å². The smallest absolute Gasteiger partial charge is 0.499 e. The van der Waals surface area contributed by atoms with E-state index in [1.807, 2.05) is 0 Å². The molecule has 0 heterocycles. The van der Waals surface area contributed by atoms with Crippen LogP contribution < -0.4 is 0 Å². The van der Waals surface area contributed by atoms with Crippen LogP contribution in [0.3, 0.4) is 0 Å². The Labute approximate surface area is 60.7 Å². The van der Waals surface area contributed by atoms with Crippen LogP contribution in [0, 0.1) is 0 Å². The van der Waals surface area contributed by atoms with Crippen LogP contribution in [0.2, 0.25) is 0 Å². The normalized spacial score (nSPS) is 12.7. The third-order valence-corrected chi connectivity index (χ3v) is 1.22. The Bertz CT molecular complexity index is 255. The molecule has 0 saturated heterocycles. The first kappa shape index (κ1) is 10.2. The molecule has 0 N–H and O–H groups in total. The van der Waals surface area contributed by atoms with Gasteiger partial charge in [0.1, 0.15) is 0 Å². The summed E-state index contributed by atoms with van der Waals surface area (Å²) in [7, 11) is -5.92. The molecule has 5 nitrogen and oxygen atoms in total. The van der Waals surface area contributed by atoms with Crippen LogP contribution in [0.25, 0.3) is 0 Å². The average molecular weight is 189 g/mol. The summed E-state index contributed by atoms with van der Waals surface area (Å²) < 4.78 is 55.4. The molecule has 0 aromatic rings. The SMILES string of the molecule is CC(=O)OC(F)(F)S(=O)(=O)[O-]. The number of alkyl halides is 2. The number of rotatable bonds is 2. The summed E-state index contributed by atoms with van der Waals surface area (Å²) in [5.41, 5.74) is -4.97. The summed E-state index contributed by atoms with van der Waals surface area (Å²) in [6, 6.07) is 0. The van der Waals surface area contributed by atoms with Gasteiger partial charge in [-0.2, -0.15) is 8.78 Å². The molecule has 0 fully saturated rings. The lowest BCUT2D eigenvalue weighted by Gasteiger charge is -2.17. The molecule has 0 spiro atoms. The molecule has 0 rings (SSSR count). The first-order chi connectivity index (χ1) is 4.67. The molecule has 0 aromatic heterocycles. The first-order valence-electron chi connectivity index (χ1n) is 2.19. The summed E-state index contributed by atoms with van der Waals surface area (Å²) in [4.78, 5) is 9.80. The molecule has 0 bridgehead atoms. The van der Waals surface area contributed by atoms with Gasteiger partial charge in [-0.15, -0.1) is 0 Å². The summed E-state index contributed by atoms with van der Waals surface area (Å²) in [5, 5.41) is 0. The van der Waals surface area contributed by atoms with E-state index < -0.39 is 21.5 Å². The van der Waals surface area contributed by atoms with Crippen LogP contribution in [-0.4, -0.2) is 24.4 Å². The Morgan fingerprint density at radius 3 is 2.00 bits per heavy atom. The third kappa shape index (κ3) is 2.76. The van der Waals surface area contributed by atoms with Gasteiger partial charge in [0.15, 0.2) is 0 Å². The zero-order valence-corrected chi connectivity index (χ0v) is 6.02. The molecule has 11 heavy (non-hydrogen) atoms. The third-order valence-electron chi connectivity index (χ3n) is 0.554. The molecule has 0 unspecified atom stereocenters. The largest absolute Gasteiger partial charge is 0.740 e. The van der Waals surface area contributed by atoms with Crippen LogP contribution in [-0.2, 0) is 19.6 Å². The van der Waals surface area contributed by atoms with Crippen LogP contribution >= 0.6 is 0 Å². The average Bonchev–Trinajstić information content (AvgIpc) is 1.56. The fourth-order valence-corrected chi connectivity index (χ4v) is 0.438. The molecule has 0 aliphatic carbocycles. The second kappa shape index (κ2) is 2.70. The number of carbonyl (C=O) groups excluding carboxylic acids is 1. The van der Waals surface area contributed by atoms with Crippen LogP contribution in [0.4, 0.5) is 8.78 Å². The summed E-state index contributed by atoms with van der Waals surface area (Å²) in [6.45, 7) is 0.555. The highest BCUT2D eigenvalue weighted by atomic mass is 32.2. The van der Waals surface area contributed by atoms with Gasteiger partial charge >= 0.3 is 11.4 Å². The van der Waals surface area contributed by atoms with Gasteiger partial charge in [0.25, 0.3) is 0 Å². The summed E-state index contributed by atoms with van der Waals surface area (Å²) in [5.74, 6) is -1.55. The van der Waals surface area contributed by atoms with Gasteiger partial charge in [-0.05, 0) is 0 Å². The van der Waals surface area contributed by atoms with Gasteiger partial charge in [-0.3, -0.25) is 4.79 Å². The molecule has 0 aliphatic rings. The standard InChI is InChI=1S/C3H4F2O5S/c1-2(6)10-3(4,5)11(7,8)9/h1H3,(H,7,8,9)/p-1. The van der Waals surface area contributed by atoms with Gasteiger partial charge in [-0.25, -0.2) is 8.42 Å². The van der Waals surface area contributed by atoms with Crippen molar-refractivity contribution < 1.29 is 31.3 Å². The Morgan fingerprint density at radius 1 is 1.55 bits per heavy atom. The molecular formula is C3H3F2O5S-. The topological polar surface area (TPSA) is 83.5 Å². The first-order valence-corrected chi connectivity index (χ1v) is 3.60. The minimum absolute atomic E-state index is 0.555. The van der Waals surface area contributed by atoms with E-state index in [9.17, 15) is 26.5 Å². The lowest BCUT2D eigenvalue weighted by molar-refractivity contribution is -0.191. The molecule has 0 radical (unpaired) electrons. The van der Waals surface area contributed by atoms with Crippen molar-refractivity contribution in [3.63, 3.8) is 0 Å². The second-order valence-electron chi connectivity index (χ2n) is 1.51. The van der Waals surface area contributed by atoms with Crippen molar-refractivity contribution in [3.05, 3.63) is 0 Å².